The van der Waals surface area contributed by atoms with Crippen molar-refractivity contribution in [3.8, 4) is 0 Å². The van der Waals surface area contributed by atoms with Crippen molar-refractivity contribution in [2.75, 3.05) is 24.5 Å². The molecule has 4 rings (SSSR count). The highest BCUT2D eigenvalue weighted by Gasteiger charge is 2.34. The third-order valence-corrected chi connectivity index (χ3v) is 6.80. The van der Waals surface area contributed by atoms with E-state index in [0.717, 1.165) is 20.9 Å². The summed E-state index contributed by atoms with van der Waals surface area (Å²) < 4.78 is 23.7. The van der Waals surface area contributed by atoms with Gasteiger partial charge in [-0.3, -0.25) is 4.79 Å². The molecule has 0 atom stereocenters. The van der Waals surface area contributed by atoms with E-state index in [-0.39, 0.29) is 16.7 Å². The van der Waals surface area contributed by atoms with Crippen LogP contribution in [0.25, 0.3) is 10.2 Å². The van der Waals surface area contributed by atoms with Crippen LogP contribution in [0.5, 0.6) is 0 Å². The molecule has 0 bridgehead atoms. The highest BCUT2D eigenvalue weighted by Crippen LogP contribution is 2.32. The average molecular weight is 417 g/mol. The highest BCUT2D eigenvalue weighted by atomic mass is 32.2. The van der Waals surface area contributed by atoms with E-state index in [1.54, 1.807) is 23.5 Å². The lowest BCUT2D eigenvalue weighted by Gasteiger charge is -2.37. The molecule has 0 unspecified atom stereocenters. The fraction of sp³-hybridized carbons (Fsp3) is 0.263. The van der Waals surface area contributed by atoms with E-state index in [9.17, 15) is 13.2 Å². The molecule has 3 aromatic rings. The number of nitrogens with one attached hydrogen (secondary N) is 1. The quantitative estimate of drug-likeness (QED) is 0.637. The van der Waals surface area contributed by atoms with Crippen LogP contribution < -0.4 is 15.4 Å². The monoisotopic (exact) mass is 416 g/mol. The van der Waals surface area contributed by atoms with Gasteiger partial charge in [-0.2, -0.15) is 0 Å². The van der Waals surface area contributed by atoms with Gasteiger partial charge in [0.25, 0.3) is 0 Å². The Morgan fingerprint density at radius 3 is 2.57 bits per heavy atom. The molecule has 9 heteroatoms. The number of para-hydroxylation sites is 1. The van der Waals surface area contributed by atoms with Crippen LogP contribution in [-0.4, -0.2) is 38.9 Å². The van der Waals surface area contributed by atoms with Crippen LogP contribution in [0, 0.1) is 5.92 Å². The number of hydrogen-bond acceptors (Lipinski definition) is 6. The first-order valence-electron chi connectivity index (χ1n) is 8.90. The van der Waals surface area contributed by atoms with Crippen LogP contribution in [0.15, 0.2) is 53.4 Å². The summed E-state index contributed by atoms with van der Waals surface area (Å²) >= 11 is 1.64. The molecule has 7 nitrogen and oxygen atoms in total. The second kappa shape index (κ2) is 7.50. The number of thiazole rings is 1. The summed E-state index contributed by atoms with van der Waals surface area (Å²) in [6.45, 7) is 1.86. The Morgan fingerprint density at radius 2 is 1.89 bits per heavy atom. The van der Waals surface area contributed by atoms with E-state index in [0.29, 0.717) is 26.1 Å². The minimum absolute atomic E-state index is 0.0308. The molecule has 2 aromatic carbocycles. The Hall–Kier alpha value is -2.49. The van der Waals surface area contributed by atoms with E-state index in [1.807, 2.05) is 18.2 Å². The van der Waals surface area contributed by atoms with Crippen LogP contribution in [0.4, 0.5) is 5.13 Å². The minimum Gasteiger partial charge on any atom is -0.355 e. The van der Waals surface area contributed by atoms with Crippen molar-refractivity contribution in [1.82, 2.24) is 10.3 Å². The van der Waals surface area contributed by atoms with Crippen molar-refractivity contribution in [1.29, 1.82) is 0 Å². The SMILES string of the molecule is NS(=O)(=O)c1ccc(CCNC(=O)C2CN(c3nc4ccccc4s3)C2)cc1. The van der Waals surface area contributed by atoms with Crippen LogP contribution in [0.3, 0.4) is 0 Å². The topological polar surface area (TPSA) is 105 Å². The van der Waals surface area contributed by atoms with Gasteiger partial charge in [-0.25, -0.2) is 18.5 Å². The maximum absolute atomic E-state index is 12.3. The van der Waals surface area contributed by atoms with Crippen molar-refractivity contribution in [3.05, 3.63) is 54.1 Å². The number of benzene rings is 2. The van der Waals surface area contributed by atoms with Crippen molar-refractivity contribution < 1.29 is 13.2 Å². The second-order valence-corrected chi connectivity index (χ2v) is 9.37. The number of rotatable bonds is 6. The molecule has 2 heterocycles. The molecule has 1 aromatic heterocycles. The first-order chi connectivity index (χ1) is 13.4. The zero-order valence-corrected chi connectivity index (χ0v) is 16.7. The van der Waals surface area contributed by atoms with Crippen molar-refractivity contribution in [2.45, 2.75) is 11.3 Å². The van der Waals surface area contributed by atoms with Gasteiger partial charge in [-0.1, -0.05) is 35.6 Å². The summed E-state index contributed by atoms with van der Waals surface area (Å²) in [6.07, 6.45) is 0.630. The van der Waals surface area contributed by atoms with E-state index in [2.05, 4.69) is 21.3 Å². The fourth-order valence-corrected chi connectivity index (χ4v) is 4.62. The van der Waals surface area contributed by atoms with Crippen molar-refractivity contribution in [2.24, 2.45) is 11.1 Å². The zero-order chi connectivity index (χ0) is 19.7. The molecule has 28 heavy (non-hydrogen) atoms. The number of carbonyl (C=O) groups is 1. The van der Waals surface area contributed by atoms with Crippen LogP contribution in [0.1, 0.15) is 5.56 Å². The number of fused-ring (bicyclic) bond motifs is 1. The molecule has 0 spiro atoms. The molecule has 1 aliphatic heterocycles. The summed E-state index contributed by atoms with van der Waals surface area (Å²) in [6, 6.07) is 14.4. The maximum Gasteiger partial charge on any atom is 0.238 e. The molecule has 1 fully saturated rings. The average Bonchev–Trinajstić information content (AvgIpc) is 3.03. The second-order valence-electron chi connectivity index (χ2n) is 6.80. The highest BCUT2D eigenvalue weighted by molar-refractivity contribution is 7.89. The molecule has 0 saturated carbocycles. The third kappa shape index (κ3) is 4.01. The summed E-state index contributed by atoms with van der Waals surface area (Å²) in [5.41, 5.74) is 1.93. The number of anilines is 1. The lowest BCUT2D eigenvalue weighted by molar-refractivity contribution is -0.125. The number of carbonyl (C=O) groups excluding carboxylic acids is 1. The number of amides is 1. The van der Waals surface area contributed by atoms with Crippen LogP contribution in [-0.2, 0) is 21.2 Å². The molecule has 1 saturated heterocycles. The predicted octanol–water partition coefficient (Wildman–Crippen LogP) is 1.74. The molecule has 0 radical (unpaired) electrons. The molecule has 0 aliphatic carbocycles. The van der Waals surface area contributed by atoms with Crippen molar-refractivity contribution in [3.63, 3.8) is 0 Å². The van der Waals surface area contributed by atoms with Gasteiger partial charge in [0.05, 0.1) is 21.0 Å². The smallest absolute Gasteiger partial charge is 0.238 e. The fourth-order valence-electron chi connectivity index (χ4n) is 3.12. The maximum atomic E-state index is 12.3. The lowest BCUT2D eigenvalue weighted by atomic mass is 10.00. The van der Waals surface area contributed by atoms with Gasteiger partial charge < -0.3 is 10.2 Å². The first kappa shape index (κ1) is 18.9. The van der Waals surface area contributed by atoms with Crippen LogP contribution in [0.2, 0.25) is 0 Å². The number of primary sulfonamides is 1. The summed E-state index contributed by atoms with van der Waals surface area (Å²) in [4.78, 5) is 19.1. The van der Waals surface area contributed by atoms with Gasteiger partial charge in [-0.05, 0) is 36.2 Å². The van der Waals surface area contributed by atoms with Gasteiger partial charge in [0.2, 0.25) is 15.9 Å². The van der Waals surface area contributed by atoms with E-state index in [4.69, 9.17) is 5.14 Å². The zero-order valence-electron chi connectivity index (χ0n) is 15.0. The Kier molecular flexibility index (Phi) is 5.05. The Morgan fingerprint density at radius 1 is 1.18 bits per heavy atom. The molecule has 1 amide bonds. The van der Waals surface area contributed by atoms with Gasteiger partial charge >= 0.3 is 0 Å². The standard InChI is InChI=1S/C19H20N4O3S2/c20-28(25,26)15-7-5-13(6-8-15)9-10-21-18(24)14-11-23(12-14)19-22-16-3-1-2-4-17(16)27-19/h1-8,14H,9-12H2,(H,21,24)(H2,20,25,26). The Labute approximate surface area is 167 Å². The summed E-state index contributed by atoms with van der Waals surface area (Å²) in [5.74, 6) is 0.00953. The minimum atomic E-state index is -3.68. The van der Waals surface area contributed by atoms with Gasteiger partial charge in [-0.15, -0.1) is 0 Å². The molecular weight excluding hydrogens is 396 g/mol. The number of hydrogen-bond donors (Lipinski definition) is 2. The van der Waals surface area contributed by atoms with Crippen molar-refractivity contribution >= 4 is 42.6 Å². The Balaban J connectivity index is 1.24. The number of nitrogens with two attached hydrogens (primary N) is 1. The van der Waals surface area contributed by atoms with Crippen LogP contribution >= 0.6 is 11.3 Å². The lowest BCUT2D eigenvalue weighted by Crippen LogP contribution is -2.54. The van der Waals surface area contributed by atoms with E-state index in [1.165, 1.54) is 12.1 Å². The van der Waals surface area contributed by atoms with Gasteiger partial charge in [0, 0.05) is 19.6 Å². The molecule has 3 N–H and O–H groups in total. The Bertz CT molecular complexity index is 1070. The predicted molar refractivity (Wildman–Crippen MR) is 110 cm³/mol. The summed E-state index contributed by atoms with van der Waals surface area (Å²) in [5, 5.41) is 8.99. The largest absolute Gasteiger partial charge is 0.355 e. The number of sulfonamides is 1. The van der Waals surface area contributed by atoms with Gasteiger partial charge in [0.1, 0.15) is 0 Å². The van der Waals surface area contributed by atoms with E-state index < -0.39 is 10.0 Å². The molecule has 146 valence electrons. The summed E-state index contributed by atoms with van der Waals surface area (Å²) in [7, 11) is -3.68. The molecular formula is C19H20N4O3S2. The number of nitrogens with zero attached hydrogens (tertiary/aromatic N) is 2. The third-order valence-electron chi connectivity index (χ3n) is 4.77. The van der Waals surface area contributed by atoms with E-state index >= 15 is 0 Å². The normalized spacial score (nSPS) is 14.8. The first-order valence-corrected chi connectivity index (χ1v) is 11.3. The number of aromatic nitrogens is 1. The van der Waals surface area contributed by atoms with Gasteiger partial charge in [0.15, 0.2) is 5.13 Å². The molecule has 1 aliphatic rings.